The summed E-state index contributed by atoms with van der Waals surface area (Å²) in [6, 6.07) is 6.29. The van der Waals surface area contributed by atoms with Gasteiger partial charge in [-0.1, -0.05) is 19.1 Å². The number of carboxylic acid groups (broad SMARTS) is 1. The maximum atomic E-state index is 11.5. The summed E-state index contributed by atoms with van der Waals surface area (Å²) in [6.07, 6.45) is -0.156. The highest BCUT2D eigenvalue weighted by Crippen LogP contribution is 2.11. The molecule has 1 aromatic carbocycles. The first kappa shape index (κ1) is 15.2. The second-order valence-electron chi connectivity index (χ2n) is 4.00. The van der Waals surface area contributed by atoms with Crippen molar-refractivity contribution in [2.24, 2.45) is 0 Å². The lowest BCUT2D eigenvalue weighted by Crippen LogP contribution is -2.24. The van der Waals surface area contributed by atoms with Gasteiger partial charge in [0.05, 0.1) is 6.42 Å². The van der Waals surface area contributed by atoms with Gasteiger partial charge in [-0.2, -0.15) is 0 Å². The summed E-state index contributed by atoms with van der Waals surface area (Å²) in [5, 5.41) is 11.1. The molecule has 0 aliphatic heterocycles. The minimum Gasteiger partial charge on any atom is -0.481 e. The van der Waals surface area contributed by atoms with Gasteiger partial charge in [-0.05, 0) is 17.7 Å². The van der Waals surface area contributed by atoms with Crippen molar-refractivity contribution in [3.63, 3.8) is 0 Å². The van der Waals surface area contributed by atoms with Crippen molar-refractivity contribution in [3.8, 4) is 0 Å². The van der Waals surface area contributed by atoms with Crippen molar-refractivity contribution < 1.29 is 23.1 Å². The third-order valence-corrected chi connectivity index (χ3v) is 3.94. The van der Waals surface area contributed by atoms with E-state index >= 15 is 0 Å². The number of hydrogen-bond donors (Lipinski definition) is 2. The summed E-state index contributed by atoms with van der Waals surface area (Å²) in [5.74, 6) is -2.28. The summed E-state index contributed by atoms with van der Waals surface area (Å²) in [5.41, 5.74) is 0.915. The summed E-state index contributed by atoms with van der Waals surface area (Å²) in [4.78, 5) is 22.1. The van der Waals surface area contributed by atoms with Crippen LogP contribution in [-0.4, -0.2) is 36.9 Å². The van der Waals surface area contributed by atoms with Gasteiger partial charge < -0.3 is 10.4 Å². The van der Waals surface area contributed by atoms with E-state index in [1.807, 2.05) is 0 Å². The fourth-order valence-electron chi connectivity index (χ4n) is 1.43. The molecule has 0 saturated heterocycles. The zero-order chi connectivity index (χ0) is 14.5. The molecular weight excluding hydrogens is 270 g/mol. The van der Waals surface area contributed by atoms with E-state index in [-0.39, 0.29) is 12.2 Å². The molecule has 0 aliphatic carbocycles. The van der Waals surface area contributed by atoms with Gasteiger partial charge in [0.2, 0.25) is 5.91 Å². The first-order valence-corrected chi connectivity index (χ1v) is 7.45. The highest BCUT2D eigenvalue weighted by Gasteiger charge is 2.14. The molecule has 0 atom stereocenters. The molecule has 0 heterocycles. The number of anilines is 1. The third kappa shape index (κ3) is 5.52. The average molecular weight is 285 g/mol. The average Bonchev–Trinajstić information content (AvgIpc) is 2.27. The van der Waals surface area contributed by atoms with E-state index in [0.29, 0.717) is 11.3 Å². The van der Waals surface area contributed by atoms with Gasteiger partial charge in [-0.25, -0.2) is 8.42 Å². The normalized spacial score (nSPS) is 11.0. The van der Waals surface area contributed by atoms with Crippen molar-refractivity contribution in [2.45, 2.75) is 13.3 Å². The summed E-state index contributed by atoms with van der Waals surface area (Å²) in [6.45, 7) is 1.47. The number of benzene rings is 1. The Balaban J connectivity index is 2.72. The molecule has 19 heavy (non-hydrogen) atoms. The zero-order valence-electron chi connectivity index (χ0n) is 10.4. The fourth-order valence-corrected chi connectivity index (χ4v) is 2.11. The Labute approximate surface area is 111 Å². The van der Waals surface area contributed by atoms with Crippen LogP contribution in [0.15, 0.2) is 24.3 Å². The molecule has 0 bridgehead atoms. The van der Waals surface area contributed by atoms with Crippen LogP contribution in [0.25, 0.3) is 0 Å². The van der Waals surface area contributed by atoms with E-state index in [2.05, 4.69) is 5.32 Å². The van der Waals surface area contributed by atoms with Crippen LogP contribution in [0.5, 0.6) is 0 Å². The highest BCUT2D eigenvalue weighted by molar-refractivity contribution is 7.92. The van der Waals surface area contributed by atoms with Crippen LogP contribution in [0.4, 0.5) is 5.69 Å². The number of carboxylic acids is 1. The van der Waals surface area contributed by atoms with E-state index in [1.165, 1.54) is 13.0 Å². The van der Waals surface area contributed by atoms with E-state index in [0.717, 1.165) is 0 Å². The topological polar surface area (TPSA) is 101 Å². The van der Waals surface area contributed by atoms with Gasteiger partial charge in [0.25, 0.3) is 0 Å². The Bertz CT molecular complexity index is 580. The highest BCUT2D eigenvalue weighted by atomic mass is 32.2. The zero-order valence-corrected chi connectivity index (χ0v) is 11.2. The fraction of sp³-hybridized carbons (Fsp3) is 0.333. The summed E-state index contributed by atoms with van der Waals surface area (Å²) >= 11 is 0. The third-order valence-electron chi connectivity index (χ3n) is 2.36. The smallest absolute Gasteiger partial charge is 0.307 e. The predicted octanol–water partition coefficient (Wildman–Crippen LogP) is 0.687. The molecule has 6 nitrogen and oxygen atoms in total. The Morgan fingerprint density at radius 1 is 1.32 bits per heavy atom. The Hall–Kier alpha value is -1.89. The molecule has 0 aliphatic rings. The van der Waals surface area contributed by atoms with Crippen molar-refractivity contribution in [1.82, 2.24) is 0 Å². The SMILES string of the molecule is CCS(=O)(=O)CC(=O)Nc1cccc(CC(=O)O)c1. The number of nitrogens with one attached hydrogen (secondary N) is 1. The lowest BCUT2D eigenvalue weighted by atomic mass is 10.1. The second kappa shape index (κ2) is 6.33. The lowest BCUT2D eigenvalue weighted by molar-refractivity contribution is -0.136. The minimum atomic E-state index is -3.37. The summed E-state index contributed by atoms with van der Waals surface area (Å²) < 4.78 is 22.5. The first-order valence-electron chi connectivity index (χ1n) is 5.63. The van der Waals surface area contributed by atoms with Gasteiger partial charge >= 0.3 is 5.97 Å². The van der Waals surface area contributed by atoms with Gasteiger partial charge in [0.15, 0.2) is 9.84 Å². The molecule has 2 N–H and O–H groups in total. The van der Waals surface area contributed by atoms with Crippen LogP contribution >= 0.6 is 0 Å². The van der Waals surface area contributed by atoms with E-state index < -0.39 is 27.5 Å². The number of carbonyl (C=O) groups is 2. The van der Waals surface area contributed by atoms with Crippen LogP contribution in [0, 0.1) is 0 Å². The van der Waals surface area contributed by atoms with Crippen LogP contribution in [0.3, 0.4) is 0 Å². The van der Waals surface area contributed by atoms with E-state index in [4.69, 9.17) is 5.11 Å². The van der Waals surface area contributed by atoms with Gasteiger partial charge in [-0.15, -0.1) is 0 Å². The molecule has 104 valence electrons. The molecular formula is C12H15NO5S. The molecule has 0 unspecified atom stereocenters. The Morgan fingerprint density at radius 3 is 2.58 bits per heavy atom. The first-order chi connectivity index (χ1) is 8.82. The molecule has 1 aromatic rings. The van der Waals surface area contributed by atoms with Crippen LogP contribution in [0.2, 0.25) is 0 Å². The van der Waals surface area contributed by atoms with E-state index in [1.54, 1.807) is 18.2 Å². The maximum absolute atomic E-state index is 11.5. The monoisotopic (exact) mass is 285 g/mol. The number of carbonyl (C=O) groups excluding carboxylic acids is 1. The van der Waals surface area contributed by atoms with Crippen molar-refractivity contribution in [1.29, 1.82) is 0 Å². The molecule has 0 saturated carbocycles. The predicted molar refractivity (Wildman–Crippen MR) is 70.7 cm³/mol. The molecule has 7 heteroatoms. The van der Waals surface area contributed by atoms with Crippen molar-refractivity contribution in [2.75, 3.05) is 16.8 Å². The Kier molecular flexibility index (Phi) is 5.05. The second-order valence-corrected chi connectivity index (χ2v) is 6.35. The number of sulfone groups is 1. The number of amides is 1. The van der Waals surface area contributed by atoms with E-state index in [9.17, 15) is 18.0 Å². The van der Waals surface area contributed by atoms with Crippen LogP contribution in [0.1, 0.15) is 12.5 Å². The largest absolute Gasteiger partial charge is 0.481 e. The summed E-state index contributed by atoms with van der Waals surface area (Å²) in [7, 11) is -3.37. The van der Waals surface area contributed by atoms with Gasteiger partial charge in [-0.3, -0.25) is 9.59 Å². The molecule has 0 fully saturated rings. The Morgan fingerprint density at radius 2 is 2.00 bits per heavy atom. The van der Waals surface area contributed by atoms with Gasteiger partial charge in [0, 0.05) is 11.4 Å². The molecule has 0 spiro atoms. The van der Waals surface area contributed by atoms with Crippen LogP contribution in [-0.2, 0) is 25.8 Å². The minimum absolute atomic E-state index is 0.0977. The number of aliphatic carboxylic acids is 1. The van der Waals surface area contributed by atoms with Crippen LogP contribution < -0.4 is 5.32 Å². The quantitative estimate of drug-likeness (QED) is 0.800. The lowest BCUT2D eigenvalue weighted by Gasteiger charge is -2.06. The van der Waals surface area contributed by atoms with Crippen molar-refractivity contribution in [3.05, 3.63) is 29.8 Å². The molecule has 1 amide bonds. The number of rotatable bonds is 6. The standard InChI is InChI=1S/C12H15NO5S/c1-2-19(17,18)8-11(14)13-10-5-3-4-9(6-10)7-12(15)16/h3-6H,2,7-8H2,1H3,(H,13,14)(H,15,16). The molecule has 1 rings (SSSR count). The van der Waals surface area contributed by atoms with Gasteiger partial charge in [0.1, 0.15) is 5.75 Å². The van der Waals surface area contributed by atoms with Crippen molar-refractivity contribution >= 4 is 27.4 Å². The number of hydrogen-bond acceptors (Lipinski definition) is 4. The maximum Gasteiger partial charge on any atom is 0.307 e. The molecule has 0 aromatic heterocycles. The molecule has 0 radical (unpaired) electrons.